The van der Waals surface area contributed by atoms with Crippen LogP contribution in [0.1, 0.15) is 60.3 Å². The summed E-state index contributed by atoms with van der Waals surface area (Å²) in [6.45, 7) is 15.0. The van der Waals surface area contributed by atoms with Crippen molar-refractivity contribution in [1.29, 1.82) is 0 Å². The van der Waals surface area contributed by atoms with Gasteiger partial charge < -0.3 is 25.2 Å². The summed E-state index contributed by atoms with van der Waals surface area (Å²) in [7, 11) is 0. The van der Waals surface area contributed by atoms with Crippen LogP contribution in [0.4, 0.5) is 4.79 Å². The lowest BCUT2D eigenvalue weighted by Gasteiger charge is -2.36. The maximum absolute atomic E-state index is 12.4. The lowest BCUT2D eigenvalue weighted by molar-refractivity contribution is -0.122. The number of carbonyl (C=O) groups is 2. The van der Waals surface area contributed by atoms with Gasteiger partial charge in [0.2, 0.25) is 5.91 Å². The predicted octanol–water partition coefficient (Wildman–Crippen LogP) is 2.45. The van der Waals surface area contributed by atoms with E-state index in [0.29, 0.717) is 25.6 Å². The van der Waals surface area contributed by atoms with Crippen LogP contribution in [-0.4, -0.2) is 79.2 Å². The molecule has 8 nitrogen and oxygen atoms in total. The summed E-state index contributed by atoms with van der Waals surface area (Å²) in [6, 6.07) is 0. The molecule has 172 valence electrons. The van der Waals surface area contributed by atoms with Gasteiger partial charge in [0.15, 0.2) is 5.96 Å². The minimum Gasteiger partial charge on any atom is -0.444 e. The summed E-state index contributed by atoms with van der Waals surface area (Å²) < 4.78 is 5.53. The zero-order valence-electron chi connectivity index (χ0n) is 19.5. The van der Waals surface area contributed by atoms with Crippen molar-refractivity contribution < 1.29 is 14.3 Å². The van der Waals surface area contributed by atoms with Gasteiger partial charge in [-0.2, -0.15) is 0 Å². The van der Waals surface area contributed by atoms with E-state index in [4.69, 9.17) is 9.73 Å². The molecule has 1 heterocycles. The lowest BCUT2D eigenvalue weighted by atomic mass is 9.96. The Kier molecular flexibility index (Phi) is 9.24. The third kappa shape index (κ3) is 8.40. The summed E-state index contributed by atoms with van der Waals surface area (Å²) in [5.74, 6) is 1.79. The van der Waals surface area contributed by atoms with Gasteiger partial charge in [-0.1, -0.05) is 0 Å². The zero-order valence-corrected chi connectivity index (χ0v) is 19.5. The highest BCUT2D eigenvalue weighted by atomic mass is 16.6. The van der Waals surface area contributed by atoms with Crippen LogP contribution < -0.4 is 10.6 Å². The fraction of sp³-hybridized carbons (Fsp3) is 0.864. The van der Waals surface area contributed by atoms with E-state index >= 15 is 0 Å². The molecule has 1 saturated carbocycles. The first-order valence-corrected chi connectivity index (χ1v) is 11.5. The molecule has 1 aliphatic carbocycles. The molecule has 0 aromatic heterocycles. The minimum absolute atomic E-state index is 0.168. The number of aliphatic imine (C=N–C) groups is 1. The van der Waals surface area contributed by atoms with Crippen molar-refractivity contribution in [2.45, 2.75) is 65.9 Å². The smallest absolute Gasteiger partial charge is 0.410 e. The number of piperidine rings is 1. The number of nitrogens with one attached hydrogen (secondary N) is 2. The normalized spacial score (nSPS) is 18.2. The molecular weight excluding hydrogens is 382 g/mol. The van der Waals surface area contributed by atoms with Gasteiger partial charge in [-0.05, 0) is 66.2 Å². The van der Waals surface area contributed by atoms with Gasteiger partial charge in [0.05, 0.1) is 6.54 Å². The molecule has 2 N–H and O–H groups in total. The summed E-state index contributed by atoms with van der Waals surface area (Å²) in [5, 5.41) is 6.33. The Balaban J connectivity index is 1.78. The van der Waals surface area contributed by atoms with Crippen molar-refractivity contribution in [1.82, 2.24) is 20.4 Å². The van der Waals surface area contributed by atoms with Gasteiger partial charge in [0, 0.05) is 45.2 Å². The average molecular weight is 424 g/mol. The summed E-state index contributed by atoms with van der Waals surface area (Å²) in [6.07, 6.45) is 3.85. The fourth-order valence-electron chi connectivity index (χ4n) is 3.55. The maximum atomic E-state index is 12.4. The molecule has 8 heteroatoms. The van der Waals surface area contributed by atoms with Crippen molar-refractivity contribution in [2.24, 2.45) is 16.8 Å². The average Bonchev–Trinajstić information content (AvgIpc) is 3.53. The molecule has 30 heavy (non-hydrogen) atoms. The van der Waals surface area contributed by atoms with Gasteiger partial charge in [0.25, 0.3) is 0 Å². The van der Waals surface area contributed by atoms with Crippen LogP contribution in [0.2, 0.25) is 0 Å². The second-order valence-electron chi connectivity index (χ2n) is 9.25. The first-order chi connectivity index (χ1) is 14.2. The number of hydrogen-bond donors (Lipinski definition) is 2. The molecule has 2 aliphatic rings. The largest absolute Gasteiger partial charge is 0.444 e. The molecule has 0 atom stereocenters. The second-order valence-corrected chi connectivity index (χ2v) is 9.25. The van der Waals surface area contributed by atoms with Crippen molar-refractivity contribution in [3.05, 3.63) is 0 Å². The lowest BCUT2D eigenvalue weighted by Crippen LogP contribution is -2.48. The van der Waals surface area contributed by atoms with Gasteiger partial charge in [-0.15, -0.1) is 0 Å². The quantitative estimate of drug-likeness (QED) is 0.356. The molecular formula is C22H41N5O3. The van der Waals surface area contributed by atoms with E-state index in [2.05, 4.69) is 22.5 Å². The number of ether oxygens (including phenoxy) is 1. The Morgan fingerprint density at radius 2 is 1.77 bits per heavy atom. The minimum atomic E-state index is -0.469. The monoisotopic (exact) mass is 423 g/mol. The van der Waals surface area contributed by atoms with Crippen LogP contribution in [0.3, 0.4) is 0 Å². The van der Waals surface area contributed by atoms with Crippen LogP contribution in [-0.2, 0) is 9.53 Å². The molecule has 0 aromatic rings. The van der Waals surface area contributed by atoms with Crippen LogP contribution in [0.5, 0.6) is 0 Å². The summed E-state index contributed by atoms with van der Waals surface area (Å²) in [4.78, 5) is 32.9. The number of amides is 2. The van der Waals surface area contributed by atoms with Crippen LogP contribution >= 0.6 is 0 Å². The SMILES string of the molecule is CCNC(=NCCNC(=O)C1CC1)N1CCC(CN(CC)C(=O)OC(C)(C)C)CC1. The topological polar surface area (TPSA) is 86.3 Å². The second kappa shape index (κ2) is 11.4. The van der Waals surface area contributed by atoms with E-state index in [1.54, 1.807) is 0 Å². The Morgan fingerprint density at radius 3 is 2.30 bits per heavy atom. The number of likely N-dealkylation sites (tertiary alicyclic amines) is 1. The first kappa shape index (κ1) is 24.3. The van der Waals surface area contributed by atoms with E-state index in [-0.39, 0.29) is 17.9 Å². The Bertz CT molecular complexity index is 590. The molecule has 2 rings (SSSR count). The van der Waals surface area contributed by atoms with E-state index < -0.39 is 5.60 Å². The highest BCUT2D eigenvalue weighted by Gasteiger charge is 2.29. The molecule has 0 aromatic carbocycles. The molecule has 0 radical (unpaired) electrons. The van der Waals surface area contributed by atoms with E-state index in [9.17, 15) is 9.59 Å². The highest BCUT2D eigenvalue weighted by Crippen LogP contribution is 2.28. The van der Waals surface area contributed by atoms with Crippen LogP contribution in [0.25, 0.3) is 0 Å². The summed E-state index contributed by atoms with van der Waals surface area (Å²) >= 11 is 0. The van der Waals surface area contributed by atoms with Crippen LogP contribution in [0, 0.1) is 11.8 Å². The summed E-state index contributed by atoms with van der Waals surface area (Å²) in [5.41, 5.74) is -0.469. The molecule has 2 amide bonds. The van der Waals surface area contributed by atoms with Gasteiger partial charge in [-0.3, -0.25) is 9.79 Å². The van der Waals surface area contributed by atoms with Crippen LogP contribution in [0.15, 0.2) is 4.99 Å². The van der Waals surface area contributed by atoms with Gasteiger partial charge in [0.1, 0.15) is 5.60 Å². The van der Waals surface area contributed by atoms with E-state index in [1.165, 1.54) is 0 Å². The number of carbonyl (C=O) groups excluding carboxylic acids is 2. The number of rotatable bonds is 8. The maximum Gasteiger partial charge on any atom is 0.410 e. The van der Waals surface area contributed by atoms with E-state index in [1.807, 2.05) is 32.6 Å². The number of hydrogen-bond acceptors (Lipinski definition) is 4. The Hall–Kier alpha value is -1.99. The number of nitrogens with zero attached hydrogens (tertiary/aromatic N) is 3. The van der Waals surface area contributed by atoms with Crippen molar-refractivity contribution in [3.8, 4) is 0 Å². The molecule has 0 bridgehead atoms. The highest BCUT2D eigenvalue weighted by molar-refractivity contribution is 5.81. The Labute approximate surface area is 181 Å². The standard InChI is InChI=1S/C22H41N5O3/c1-6-23-20(25-13-12-24-19(28)18-8-9-18)27-14-10-17(11-15-27)16-26(7-2)21(29)30-22(3,4)5/h17-18H,6-16H2,1-5H3,(H,23,25)(H,24,28). The van der Waals surface area contributed by atoms with Crippen molar-refractivity contribution in [2.75, 3.05) is 45.8 Å². The molecule has 1 aliphatic heterocycles. The fourth-order valence-corrected chi connectivity index (χ4v) is 3.55. The molecule has 0 unspecified atom stereocenters. The van der Waals surface area contributed by atoms with Gasteiger partial charge >= 0.3 is 6.09 Å². The Morgan fingerprint density at radius 1 is 1.10 bits per heavy atom. The van der Waals surface area contributed by atoms with E-state index in [0.717, 1.165) is 57.8 Å². The predicted molar refractivity (Wildman–Crippen MR) is 119 cm³/mol. The van der Waals surface area contributed by atoms with Crippen molar-refractivity contribution >= 4 is 18.0 Å². The van der Waals surface area contributed by atoms with Crippen molar-refractivity contribution in [3.63, 3.8) is 0 Å². The van der Waals surface area contributed by atoms with Gasteiger partial charge in [-0.25, -0.2) is 4.79 Å². The third-order valence-corrected chi connectivity index (χ3v) is 5.38. The molecule has 0 spiro atoms. The third-order valence-electron chi connectivity index (χ3n) is 5.38. The number of guanidine groups is 1. The first-order valence-electron chi connectivity index (χ1n) is 11.5. The molecule has 1 saturated heterocycles. The zero-order chi connectivity index (χ0) is 22.1. The molecule has 2 fully saturated rings.